The fraction of sp³-hybridized carbons (Fsp3) is 0.471. The standard InChI is InChI=1S/C17H22N6O3S/c24-17(22-11-13-8-20-21-16(13)12-22)19-9-14-4-5-15(10-18-14)27(25,26)23-6-2-1-3-7-23/h4-5,8,10H,1-3,6-7,9,11-12H2,(H,19,24)(H,20,21). The van der Waals surface area contributed by atoms with Gasteiger partial charge in [-0.1, -0.05) is 6.42 Å². The van der Waals surface area contributed by atoms with Gasteiger partial charge in [0.1, 0.15) is 4.90 Å². The van der Waals surface area contributed by atoms with Crippen molar-refractivity contribution in [2.24, 2.45) is 0 Å². The Bertz CT molecular complexity index is 898. The Morgan fingerprint density at radius 3 is 2.67 bits per heavy atom. The van der Waals surface area contributed by atoms with Crippen molar-refractivity contribution in [3.8, 4) is 0 Å². The van der Waals surface area contributed by atoms with Crippen molar-refractivity contribution in [1.82, 2.24) is 29.7 Å². The number of nitrogens with one attached hydrogen (secondary N) is 2. The van der Waals surface area contributed by atoms with Crippen molar-refractivity contribution in [1.29, 1.82) is 0 Å². The summed E-state index contributed by atoms with van der Waals surface area (Å²) in [6, 6.07) is 3.02. The molecular formula is C17H22N6O3S. The van der Waals surface area contributed by atoms with Gasteiger partial charge >= 0.3 is 6.03 Å². The lowest BCUT2D eigenvalue weighted by Gasteiger charge is -2.25. The van der Waals surface area contributed by atoms with Gasteiger partial charge < -0.3 is 10.2 Å². The van der Waals surface area contributed by atoms with Crippen LogP contribution in [0.5, 0.6) is 0 Å². The average Bonchev–Trinajstić information content (AvgIpc) is 3.29. The molecule has 27 heavy (non-hydrogen) atoms. The number of nitrogens with zero attached hydrogens (tertiary/aromatic N) is 4. The molecule has 2 aliphatic rings. The summed E-state index contributed by atoms with van der Waals surface area (Å²) in [5.41, 5.74) is 2.59. The third kappa shape index (κ3) is 3.67. The second-order valence-corrected chi connectivity index (χ2v) is 8.78. The number of hydrogen-bond donors (Lipinski definition) is 2. The van der Waals surface area contributed by atoms with Crippen LogP contribution < -0.4 is 5.32 Å². The molecule has 0 aromatic carbocycles. The average molecular weight is 390 g/mol. The minimum absolute atomic E-state index is 0.189. The van der Waals surface area contributed by atoms with Crippen LogP contribution in [-0.4, -0.2) is 51.9 Å². The van der Waals surface area contributed by atoms with E-state index in [2.05, 4.69) is 20.5 Å². The number of urea groups is 1. The zero-order valence-electron chi connectivity index (χ0n) is 14.9. The highest BCUT2D eigenvalue weighted by atomic mass is 32.2. The molecule has 2 N–H and O–H groups in total. The van der Waals surface area contributed by atoms with E-state index in [0.29, 0.717) is 31.9 Å². The Labute approximate surface area is 157 Å². The fourth-order valence-corrected chi connectivity index (χ4v) is 4.87. The molecular weight excluding hydrogens is 368 g/mol. The molecule has 9 nitrogen and oxygen atoms in total. The minimum Gasteiger partial charge on any atom is -0.332 e. The summed E-state index contributed by atoms with van der Waals surface area (Å²) in [7, 11) is -3.48. The van der Waals surface area contributed by atoms with Crippen molar-refractivity contribution in [3.05, 3.63) is 41.5 Å². The highest BCUT2D eigenvalue weighted by Crippen LogP contribution is 2.21. The van der Waals surface area contributed by atoms with Crippen molar-refractivity contribution in [2.75, 3.05) is 13.1 Å². The zero-order chi connectivity index (χ0) is 18.9. The Hall–Kier alpha value is -2.46. The van der Waals surface area contributed by atoms with Gasteiger partial charge in [0.25, 0.3) is 0 Å². The van der Waals surface area contributed by atoms with Gasteiger partial charge in [0, 0.05) is 24.8 Å². The first-order chi connectivity index (χ1) is 13.0. The van der Waals surface area contributed by atoms with E-state index >= 15 is 0 Å². The van der Waals surface area contributed by atoms with Crippen LogP contribution in [0.15, 0.2) is 29.4 Å². The smallest absolute Gasteiger partial charge is 0.318 e. The highest BCUT2D eigenvalue weighted by Gasteiger charge is 2.27. The summed E-state index contributed by atoms with van der Waals surface area (Å²) >= 11 is 0. The monoisotopic (exact) mass is 390 g/mol. The predicted molar refractivity (Wildman–Crippen MR) is 96.9 cm³/mol. The normalized spacial score (nSPS) is 17.7. The Morgan fingerprint density at radius 1 is 1.15 bits per heavy atom. The molecule has 0 spiro atoms. The Balaban J connectivity index is 1.34. The number of fused-ring (bicyclic) bond motifs is 1. The number of rotatable bonds is 4. The van der Waals surface area contributed by atoms with Gasteiger partial charge in [-0.2, -0.15) is 9.40 Å². The lowest BCUT2D eigenvalue weighted by Crippen LogP contribution is -2.36. The number of carbonyl (C=O) groups excluding carboxylic acids is 1. The van der Waals surface area contributed by atoms with E-state index < -0.39 is 10.0 Å². The fourth-order valence-electron chi connectivity index (χ4n) is 3.41. The van der Waals surface area contributed by atoms with Gasteiger partial charge in [0.15, 0.2) is 0 Å². The molecule has 2 aliphatic heterocycles. The maximum atomic E-state index is 12.6. The third-order valence-corrected chi connectivity index (χ3v) is 6.86. The predicted octanol–water partition coefficient (Wildman–Crippen LogP) is 1.20. The molecule has 2 amide bonds. The third-order valence-electron chi connectivity index (χ3n) is 4.98. The molecule has 4 rings (SSSR count). The van der Waals surface area contributed by atoms with Gasteiger partial charge in [0.05, 0.1) is 37.2 Å². The molecule has 1 fully saturated rings. The van der Waals surface area contributed by atoms with E-state index in [9.17, 15) is 13.2 Å². The topological polar surface area (TPSA) is 111 Å². The molecule has 10 heteroatoms. The molecule has 4 heterocycles. The van der Waals surface area contributed by atoms with Gasteiger partial charge in [0.2, 0.25) is 10.0 Å². The molecule has 144 valence electrons. The van der Waals surface area contributed by atoms with Crippen LogP contribution in [0.25, 0.3) is 0 Å². The van der Waals surface area contributed by atoms with Gasteiger partial charge in [-0.25, -0.2) is 13.2 Å². The minimum atomic E-state index is -3.48. The summed E-state index contributed by atoms with van der Waals surface area (Å²) < 4.78 is 26.8. The number of aromatic nitrogens is 3. The van der Waals surface area contributed by atoms with Gasteiger partial charge in [-0.3, -0.25) is 10.1 Å². The summed E-state index contributed by atoms with van der Waals surface area (Å²) in [6.07, 6.45) is 5.96. The molecule has 0 unspecified atom stereocenters. The molecule has 1 saturated heterocycles. The van der Waals surface area contributed by atoms with Crippen LogP contribution >= 0.6 is 0 Å². The highest BCUT2D eigenvalue weighted by molar-refractivity contribution is 7.89. The Morgan fingerprint density at radius 2 is 1.96 bits per heavy atom. The molecule has 2 aromatic rings. The van der Waals surface area contributed by atoms with E-state index in [1.165, 1.54) is 10.5 Å². The first kappa shape index (κ1) is 17.9. The maximum absolute atomic E-state index is 12.6. The summed E-state index contributed by atoms with van der Waals surface area (Å²) in [5.74, 6) is 0. The number of H-pyrrole nitrogens is 1. The van der Waals surface area contributed by atoms with Crippen molar-refractivity contribution < 1.29 is 13.2 Å². The Kier molecular flexibility index (Phi) is 4.83. The zero-order valence-corrected chi connectivity index (χ0v) is 15.7. The molecule has 0 atom stereocenters. The first-order valence-corrected chi connectivity index (χ1v) is 10.5. The summed E-state index contributed by atoms with van der Waals surface area (Å²) in [5, 5.41) is 9.64. The van der Waals surface area contributed by atoms with Crippen LogP contribution in [0.3, 0.4) is 0 Å². The van der Waals surface area contributed by atoms with Crippen molar-refractivity contribution >= 4 is 16.1 Å². The van der Waals surface area contributed by atoms with E-state index in [1.807, 2.05) is 0 Å². The quantitative estimate of drug-likeness (QED) is 0.815. The van der Waals surface area contributed by atoms with E-state index in [1.54, 1.807) is 23.2 Å². The number of hydrogen-bond acceptors (Lipinski definition) is 5. The lowest BCUT2D eigenvalue weighted by molar-refractivity contribution is 0.197. The number of carbonyl (C=O) groups is 1. The molecule has 0 aliphatic carbocycles. The molecule has 0 saturated carbocycles. The van der Waals surface area contributed by atoms with E-state index in [4.69, 9.17) is 0 Å². The first-order valence-electron chi connectivity index (χ1n) is 9.03. The molecule has 0 bridgehead atoms. The van der Waals surface area contributed by atoms with Crippen LogP contribution in [0.4, 0.5) is 4.79 Å². The maximum Gasteiger partial charge on any atom is 0.318 e. The van der Waals surface area contributed by atoms with Crippen molar-refractivity contribution in [3.63, 3.8) is 0 Å². The summed E-state index contributed by atoms with van der Waals surface area (Å²) in [4.78, 5) is 18.4. The number of amides is 2. The van der Waals surface area contributed by atoms with E-state index in [0.717, 1.165) is 30.5 Å². The van der Waals surface area contributed by atoms with Gasteiger partial charge in [-0.15, -0.1) is 0 Å². The SMILES string of the molecule is O=C(NCc1ccc(S(=O)(=O)N2CCCCC2)cn1)N1Cc2cn[nH]c2C1. The second-order valence-electron chi connectivity index (χ2n) is 6.84. The van der Waals surface area contributed by atoms with Crippen LogP contribution in [-0.2, 0) is 29.7 Å². The largest absolute Gasteiger partial charge is 0.332 e. The molecule has 2 aromatic heterocycles. The molecule has 0 radical (unpaired) electrons. The van der Waals surface area contributed by atoms with Crippen molar-refractivity contribution in [2.45, 2.75) is 43.8 Å². The van der Waals surface area contributed by atoms with Gasteiger partial charge in [-0.05, 0) is 25.0 Å². The van der Waals surface area contributed by atoms with E-state index in [-0.39, 0.29) is 17.5 Å². The second kappa shape index (κ2) is 7.28. The van der Waals surface area contributed by atoms with Crippen LogP contribution in [0.1, 0.15) is 36.2 Å². The number of sulfonamides is 1. The van der Waals surface area contributed by atoms with Crippen LogP contribution in [0, 0.1) is 0 Å². The van der Waals surface area contributed by atoms with Crippen LogP contribution in [0.2, 0.25) is 0 Å². The number of pyridine rings is 1. The number of piperidine rings is 1. The number of aromatic amines is 1. The lowest BCUT2D eigenvalue weighted by atomic mass is 10.2. The summed E-state index contributed by atoms with van der Waals surface area (Å²) in [6.45, 7) is 2.40.